The molecule has 0 aromatic heterocycles. The van der Waals surface area contributed by atoms with Gasteiger partial charge in [0.05, 0.1) is 5.69 Å². The van der Waals surface area contributed by atoms with Crippen molar-refractivity contribution in [1.82, 2.24) is 0 Å². The molecule has 0 fully saturated rings. The van der Waals surface area contributed by atoms with Crippen molar-refractivity contribution in [2.75, 3.05) is 10.6 Å². The average Bonchev–Trinajstić information content (AvgIpc) is 2.47. The first-order valence-corrected chi connectivity index (χ1v) is 6.74. The summed E-state index contributed by atoms with van der Waals surface area (Å²) in [4.78, 5) is 12.0. The third kappa shape index (κ3) is 2.86. The Labute approximate surface area is 121 Å². The van der Waals surface area contributed by atoms with Crippen LogP contribution in [0.2, 0.25) is 0 Å². The number of benzene rings is 2. The van der Waals surface area contributed by atoms with Gasteiger partial charge in [0.1, 0.15) is 17.5 Å². The Hall–Kier alpha value is -2.43. The van der Waals surface area contributed by atoms with Gasteiger partial charge in [-0.05, 0) is 24.5 Å². The third-order valence-corrected chi connectivity index (χ3v) is 3.51. The molecule has 1 aliphatic rings. The predicted molar refractivity (Wildman–Crippen MR) is 77.2 cm³/mol. The van der Waals surface area contributed by atoms with Crippen molar-refractivity contribution in [2.45, 2.75) is 18.9 Å². The standard InChI is InChI=1S/C16H14F2N2O/c17-11-8-12(18)15-14(9-11)19-13(16(21)20-15)7-6-10-4-2-1-3-5-10/h1-5,8-9,13,19H,6-7H2,(H,20,21). The summed E-state index contributed by atoms with van der Waals surface area (Å²) in [6, 6.07) is 11.2. The second-order valence-corrected chi connectivity index (χ2v) is 5.02. The van der Waals surface area contributed by atoms with Gasteiger partial charge in [-0.1, -0.05) is 30.3 Å². The topological polar surface area (TPSA) is 41.1 Å². The summed E-state index contributed by atoms with van der Waals surface area (Å²) in [7, 11) is 0. The van der Waals surface area contributed by atoms with E-state index in [9.17, 15) is 13.6 Å². The second kappa shape index (κ2) is 5.52. The quantitative estimate of drug-likeness (QED) is 0.909. The van der Waals surface area contributed by atoms with Gasteiger partial charge < -0.3 is 10.6 Å². The smallest absolute Gasteiger partial charge is 0.247 e. The molecule has 1 amide bonds. The molecule has 0 bridgehead atoms. The molecule has 21 heavy (non-hydrogen) atoms. The Morgan fingerprint density at radius 1 is 1.10 bits per heavy atom. The van der Waals surface area contributed by atoms with Crippen molar-refractivity contribution in [3.63, 3.8) is 0 Å². The molecule has 0 spiro atoms. The van der Waals surface area contributed by atoms with Crippen LogP contribution < -0.4 is 10.6 Å². The summed E-state index contributed by atoms with van der Waals surface area (Å²) in [6.07, 6.45) is 1.26. The largest absolute Gasteiger partial charge is 0.372 e. The first-order chi connectivity index (χ1) is 10.1. The summed E-state index contributed by atoms with van der Waals surface area (Å²) >= 11 is 0. The number of carbonyl (C=O) groups is 1. The molecule has 5 heteroatoms. The lowest BCUT2D eigenvalue weighted by Crippen LogP contribution is -2.39. The number of hydrogen-bond donors (Lipinski definition) is 2. The van der Waals surface area contributed by atoms with E-state index in [0.717, 1.165) is 11.6 Å². The number of hydrogen-bond acceptors (Lipinski definition) is 2. The van der Waals surface area contributed by atoms with Crippen LogP contribution in [0, 0.1) is 11.6 Å². The summed E-state index contributed by atoms with van der Waals surface area (Å²) < 4.78 is 26.8. The van der Waals surface area contributed by atoms with E-state index in [4.69, 9.17) is 0 Å². The second-order valence-electron chi connectivity index (χ2n) is 5.02. The predicted octanol–water partition coefficient (Wildman–Crippen LogP) is 3.33. The number of nitrogens with one attached hydrogen (secondary N) is 2. The Kier molecular flexibility index (Phi) is 3.56. The molecule has 3 rings (SSSR count). The van der Waals surface area contributed by atoms with Gasteiger partial charge in [0.25, 0.3) is 0 Å². The molecule has 0 saturated heterocycles. The van der Waals surface area contributed by atoms with Crippen LogP contribution in [0.4, 0.5) is 20.2 Å². The molecule has 108 valence electrons. The molecule has 1 atom stereocenters. The SMILES string of the molecule is O=C1Nc2c(F)cc(F)cc2NC1CCc1ccccc1. The molecule has 0 radical (unpaired) electrons. The van der Waals surface area contributed by atoms with Gasteiger partial charge in [0.15, 0.2) is 5.82 Å². The molecule has 3 nitrogen and oxygen atoms in total. The van der Waals surface area contributed by atoms with E-state index in [0.29, 0.717) is 12.8 Å². The number of aryl methyl sites for hydroxylation is 1. The normalized spacial score (nSPS) is 16.9. The van der Waals surface area contributed by atoms with Crippen molar-refractivity contribution in [3.8, 4) is 0 Å². The maximum atomic E-state index is 13.6. The summed E-state index contributed by atoms with van der Waals surface area (Å²) in [6.45, 7) is 0. The van der Waals surface area contributed by atoms with Crippen molar-refractivity contribution in [2.24, 2.45) is 0 Å². The number of halogens is 2. The van der Waals surface area contributed by atoms with E-state index in [2.05, 4.69) is 10.6 Å². The molecule has 0 aliphatic carbocycles. The Morgan fingerprint density at radius 2 is 1.86 bits per heavy atom. The fraction of sp³-hybridized carbons (Fsp3) is 0.188. The summed E-state index contributed by atoms with van der Waals surface area (Å²) in [5.74, 6) is -1.74. The Morgan fingerprint density at radius 3 is 2.62 bits per heavy atom. The number of amides is 1. The lowest BCUT2D eigenvalue weighted by molar-refractivity contribution is -0.117. The van der Waals surface area contributed by atoms with Crippen LogP contribution >= 0.6 is 0 Å². The van der Waals surface area contributed by atoms with E-state index < -0.39 is 17.7 Å². The van der Waals surface area contributed by atoms with Crippen molar-refractivity contribution in [1.29, 1.82) is 0 Å². The van der Waals surface area contributed by atoms with Crippen molar-refractivity contribution >= 4 is 17.3 Å². The minimum atomic E-state index is -0.771. The highest BCUT2D eigenvalue weighted by Crippen LogP contribution is 2.31. The molecular formula is C16H14F2N2O. The van der Waals surface area contributed by atoms with E-state index in [-0.39, 0.29) is 17.3 Å². The Balaban J connectivity index is 1.75. The lowest BCUT2D eigenvalue weighted by atomic mass is 10.0. The highest BCUT2D eigenvalue weighted by molar-refractivity contribution is 6.03. The maximum absolute atomic E-state index is 13.6. The summed E-state index contributed by atoms with van der Waals surface area (Å²) in [5.41, 5.74) is 1.41. The van der Waals surface area contributed by atoms with E-state index in [1.807, 2.05) is 30.3 Å². The van der Waals surface area contributed by atoms with Crippen molar-refractivity contribution < 1.29 is 13.6 Å². The third-order valence-electron chi connectivity index (χ3n) is 3.51. The van der Waals surface area contributed by atoms with E-state index in [1.165, 1.54) is 6.07 Å². The van der Waals surface area contributed by atoms with Gasteiger partial charge >= 0.3 is 0 Å². The van der Waals surface area contributed by atoms with Crippen LogP contribution in [0.1, 0.15) is 12.0 Å². The average molecular weight is 288 g/mol. The highest BCUT2D eigenvalue weighted by Gasteiger charge is 2.27. The first kappa shape index (κ1) is 13.5. The zero-order valence-corrected chi connectivity index (χ0v) is 11.2. The zero-order valence-electron chi connectivity index (χ0n) is 11.2. The van der Waals surface area contributed by atoms with Gasteiger partial charge in [0.2, 0.25) is 5.91 Å². The monoisotopic (exact) mass is 288 g/mol. The van der Waals surface area contributed by atoms with Crippen LogP contribution in [0.5, 0.6) is 0 Å². The number of anilines is 2. The molecule has 1 heterocycles. The molecule has 2 N–H and O–H groups in total. The Bertz CT molecular complexity index is 673. The molecule has 2 aromatic rings. The van der Waals surface area contributed by atoms with Crippen LogP contribution in [0.3, 0.4) is 0 Å². The van der Waals surface area contributed by atoms with Gasteiger partial charge in [-0.15, -0.1) is 0 Å². The fourth-order valence-corrected chi connectivity index (χ4v) is 2.44. The summed E-state index contributed by atoms with van der Waals surface area (Å²) in [5, 5.41) is 5.41. The van der Waals surface area contributed by atoms with Crippen LogP contribution in [0.15, 0.2) is 42.5 Å². The molecule has 0 saturated carbocycles. The first-order valence-electron chi connectivity index (χ1n) is 6.74. The number of fused-ring (bicyclic) bond motifs is 1. The van der Waals surface area contributed by atoms with E-state index >= 15 is 0 Å². The fourth-order valence-electron chi connectivity index (χ4n) is 2.44. The van der Waals surface area contributed by atoms with Gasteiger partial charge in [-0.25, -0.2) is 8.78 Å². The van der Waals surface area contributed by atoms with Gasteiger partial charge in [-0.3, -0.25) is 4.79 Å². The van der Waals surface area contributed by atoms with Crippen molar-refractivity contribution in [3.05, 3.63) is 59.7 Å². The van der Waals surface area contributed by atoms with Crippen LogP contribution in [-0.2, 0) is 11.2 Å². The highest BCUT2D eigenvalue weighted by atomic mass is 19.1. The zero-order chi connectivity index (χ0) is 14.8. The van der Waals surface area contributed by atoms with Gasteiger partial charge in [0, 0.05) is 6.07 Å². The van der Waals surface area contributed by atoms with Crippen LogP contribution in [-0.4, -0.2) is 11.9 Å². The lowest BCUT2D eigenvalue weighted by Gasteiger charge is -2.27. The van der Waals surface area contributed by atoms with E-state index in [1.54, 1.807) is 0 Å². The van der Waals surface area contributed by atoms with Crippen LogP contribution in [0.25, 0.3) is 0 Å². The number of carbonyl (C=O) groups excluding carboxylic acids is 1. The molecule has 2 aromatic carbocycles. The molecule has 1 aliphatic heterocycles. The van der Waals surface area contributed by atoms with Gasteiger partial charge in [-0.2, -0.15) is 0 Å². The maximum Gasteiger partial charge on any atom is 0.247 e. The number of rotatable bonds is 3. The molecular weight excluding hydrogens is 274 g/mol. The minimum Gasteiger partial charge on any atom is -0.372 e. The minimum absolute atomic E-state index is 0.0114. The molecule has 1 unspecified atom stereocenters.